The van der Waals surface area contributed by atoms with E-state index in [4.69, 9.17) is 9.47 Å². The van der Waals surface area contributed by atoms with Gasteiger partial charge in [-0.1, -0.05) is 43.2 Å². The summed E-state index contributed by atoms with van der Waals surface area (Å²) in [5, 5.41) is 11.6. The number of rotatable bonds is 3. The van der Waals surface area contributed by atoms with Crippen molar-refractivity contribution in [3.63, 3.8) is 0 Å². The standard InChI is InChI=1S/C28H34O4/c1-4-16-28(30)17-15-24-23-11-7-6-9-21(29)10-8-12-22(23)20(18-27(24,28)3)13-14-26-25(5-2)31-19-32-26/h5-6,9,12-14,20,23-24,30H,2,7-8,10-11,15,17-19H2,1,3H3/b9-6+,14-13+,22-12+/t20-,23+,24-,27-,28-/m0/s1. The molecule has 0 radical (unpaired) electrons. The SMILES string of the molecule is C=CC1=C(/C=C/[C@H]2C[C@@]3(C)[C@@H](CC[C@@]3(O)C#CC)[C@@H]3CC/C=C/C(=O)CC/C=C/32)OCO1. The fourth-order valence-electron chi connectivity index (χ4n) is 6.33. The molecule has 1 N–H and O–H groups in total. The first-order valence-electron chi connectivity index (χ1n) is 11.8. The third-order valence-corrected chi connectivity index (χ3v) is 7.95. The predicted octanol–water partition coefficient (Wildman–Crippen LogP) is 5.38. The highest BCUT2D eigenvalue weighted by molar-refractivity contribution is 5.89. The maximum Gasteiger partial charge on any atom is 0.231 e. The summed E-state index contributed by atoms with van der Waals surface area (Å²) in [6.07, 6.45) is 17.6. The van der Waals surface area contributed by atoms with Gasteiger partial charge in [0.1, 0.15) is 5.60 Å². The average Bonchev–Trinajstić information content (AvgIpc) is 3.33. The fourth-order valence-corrected chi connectivity index (χ4v) is 6.33. The van der Waals surface area contributed by atoms with Crippen molar-refractivity contribution < 1.29 is 19.4 Å². The van der Waals surface area contributed by atoms with Gasteiger partial charge >= 0.3 is 0 Å². The molecule has 4 rings (SSSR count). The van der Waals surface area contributed by atoms with E-state index in [0.717, 1.165) is 32.1 Å². The van der Waals surface area contributed by atoms with Crippen LogP contribution in [0.5, 0.6) is 0 Å². The van der Waals surface area contributed by atoms with Gasteiger partial charge in [-0.3, -0.25) is 4.79 Å². The Morgan fingerprint density at radius 2 is 2.06 bits per heavy atom. The molecule has 32 heavy (non-hydrogen) atoms. The number of carbonyl (C=O) groups excluding carboxylic acids is 1. The Hall–Kier alpha value is -2.51. The molecule has 1 aliphatic heterocycles. The molecule has 1 heterocycles. The van der Waals surface area contributed by atoms with Gasteiger partial charge in [0.25, 0.3) is 0 Å². The first-order valence-corrected chi connectivity index (χ1v) is 11.8. The molecule has 3 aliphatic carbocycles. The normalized spacial score (nSPS) is 39.7. The summed E-state index contributed by atoms with van der Waals surface area (Å²) in [6, 6.07) is 0. The number of allylic oxidation sites excluding steroid dienone is 7. The van der Waals surface area contributed by atoms with Crippen LogP contribution in [0.25, 0.3) is 0 Å². The average molecular weight is 435 g/mol. The highest BCUT2D eigenvalue weighted by Crippen LogP contribution is 2.63. The van der Waals surface area contributed by atoms with E-state index in [1.54, 1.807) is 12.2 Å². The molecule has 4 nitrogen and oxygen atoms in total. The van der Waals surface area contributed by atoms with Crippen molar-refractivity contribution in [2.45, 2.75) is 64.4 Å². The molecule has 0 aromatic heterocycles. The number of fused-ring (bicyclic) bond motifs is 3. The van der Waals surface area contributed by atoms with Crippen molar-refractivity contribution >= 4 is 5.78 Å². The Bertz CT molecular complexity index is 956. The van der Waals surface area contributed by atoms with Crippen molar-refractivity contribution in [3.8, 4) is 11.8 Å². The van der Waals surface area contributed by atoms with E-state index in [-0.39, 0.29) is 23.9 Å². The van der Waals surface area contributed by atoms with Crippen molar-refractivity contribution in [1.82, 2.24) is 0 Å². The third kappa shape index (κ3) is 3.99. The highest BCUT2D eigenvalue weighted by atomic mass is 16.7. The van der Waals surface area contributed by atoms with Gasteiger partial charge in [-0.05, 0) is 81.4 Å². The topological polar surface area (TPSA) is 55.8 Å². The van der Waals surface area contributed by atoms with Crippen molar-refractivity contribution in [1.29, 1.82) is 0 Å². The van der Waals surface area contributed by atoms with E-state index in [1.807, 2.05) is 19.1 Å². The summed E-state index contributed by atoms with van der Waals surface area (Å²) in [6.45, 7) is 8.05. The van der Waals surface area contributed by atoms with Crippen molar-refractivity contribution in [2.75, 3.05) is 6.79 Å². The number of ether oxygens (including phenoxy) is 2. The van der Waals surface area contributed by atoms with Gasteiger partial charge in [0, 0.05) is 11.8 Å². The Morgan fingerprint density at radius 3 is 2.84 bits per heavy atom. The van der Waals surface area contributed by atoms with Crippen LogP contribution in [0.2, 0.25) is 0 Å². The van der Waals surface area contributed by atoms with Gasteiger partial charge in [-0.25, -0.2) is 0 Å². The lowest BCUT2D eigenvalue weighted by Crippen LogP contribution is -2.50. The zero-order valence-electron chi connectivity index (χ0n) is 19.2. The lowest BCUT2D eigenvalue weighted by Gasteiger charge is -2.51. The van der Waals surface area contributed by atoms with Gasteiger partial charge in [0.15, 0.2) is 17.3 Å². The minimum absolute atomic E-state index is 0.144. The van der Waals surface area contributed by atoms with E-state index in [0.29, 0.717) is 36.2 Å². The molecule has 0 spiro atoms. The van der Waals surface area contributed by atoms with Crippen LogP contribution < -0.4 is 0 Å². The first kappa shape index (κ1) is 22.7. The van der Waals surface area contributed by atoms with Gasteiger partial charge < -0.3 is 14.6 Å². The molecule has 0 aromatic carbocycles. The minimum Gasteiger partial charge on any atom is -0.454 e. The Labute approximate surface area is 191 Å². The summed E-state index contributed by atoms with van der Waals surface area (Å²) in [5.41, 5.74) is 0.142. The Balaban J connectivity index is 1.74. The largest absolute Gasteiger partial charge is 0.454 e. The molecule has 0 aromatic rings. The molecular weight excluding hydrogens is 400 g/mol. The van der Waals surface area contributed by atoms with Gasteiger partial charge in [0.2, 0.25) is 6.79 Å². The third-order valence-electron chi connectivity index (χ3n) is 7.95. The Kier molecular flexibility index (Phi) is 6.49. The zero-order chi connectivity index (χ0) is 22.8. The summed E-state index contributed by atoms with van der Waals surface area (Å²) < 4.78 is 11.1. The summed E-state index contributed by atoms with van der Waals surface area (Å²) in [7, 11) is 0. The molecule has 2 fully saturated rings. The van der Waals surface area contributed by atoms with E-state index in [2.05, 4.69) is 37.5 Å². The monoisotopic (exact) mass is 434 g/mol. The zero-order valence-corrected chi connectivity index (χ0v) is 19.2. The van der Waals surface area contributed by atoms with Crippen LogP contribution in [-0.4, -0.2) is 23.3 Å². The number of hydrogen-bond donors (Lipinski definition) is 1. The maximum atomic E-state index is 12.1. The molecule has 2 saturated carbocycles. The second-order valence-electron chi connectivity index (χ2n) is 9.60. The van der Waals surface area contributed by atoms with E-state index in [1.165, 1.54) is 5.57 Å². The van der Waals surface area contributed by atoms with Crippen LogP contribution in [0, 0.1) is 35.0 Å². The molecule has 4 heteroatoms. The second-order valence-corrected chi connectivity index (χ2v) is 9.60. The lowest BCUT2D eigenvalue weighted by atomic mass is 9.54. The van der Waals surface area contributed by atoms with Crippen LogP contribution >= 0.6 is 0 Å². The van der Waals surface area contributed by atoms with Crippen LogP contribution in [0.1, 0.15) is 58.8 Å². The highest BCUT2D eigenvalue weighted by Gasteiger charge is 2.61. The van der Waals surface area contributed by atoms with Crippen molar-refractivity contribution in [2.24, 2.45) is 23.2 Å². The number of ketones is 1. The van der Waals surface area contributed by atoms with Crippen LogP contribution in [-0.2, 0) is 14.3 Å². The smallest absolute Gasteiger partial charge is 0.231 e. The number of hydrogen-bond acceptors (Lipinski definition) is 4. The molecule has 0 saturated heterocycles. The molecule has 0 amide bonds. The van der Waals surface area contributed by atoms with Crippen LogP contribution in [0.3, 0.4) is 0 Å². The Morgan fingerprint density at radius 1 is 1.25 bits per heavy atom. The first-order chi connectivity index (χ1) is 15.4. The number of carbonyl (C=O) groups is 1. The van der Waals surface area contributed by atoms with E-state index in [9.17, 15) is 9.90 Å². The summed E-state index contributed by atoms with van der Waals surface area (Å²) in [5.74, 6) is 8.60. The quantitative estimate of drug-likeness (QED) is 0.479. The maximum absolute atomic E-state index is 12.1. The lowest BCUT2D eigenvalue weighted by molar-refractivity contribution is -0.114. The molecule has 4 aliphatic rings. The number of aliphatic hydroxyl groups is 1. The molecule has 0 bridgehead atoms. The van der Waals surface area contributed by atoms with Gasteiger partial charge in [0.05, 0.1) is 0 Å². The molecule has 5 atom stereocenters. The molecule has 170 valence electrons. The fraction of sp³-hybridized carbons (Fsp3) is 0.536. The van der Waals surface area contributed by atoms with Gasteiger partial charge in [-0.15, -0.1) is 5.92 Å². The predicted molar refractivity (Wildman–Crippen MR) is 125 cm³/mol. The van der Waals surface area contributed by atoms with E-state index >= 15 is 0 Å². The van der Waals surface area contributed by atoms with Crippen molar-refractivity contribution in [3.05, 3.63) is 60.1 Å². The molecule has 0 unspecified atom stereocenters. The van der Waals surface area contributed by atoms with Crippen LogP contribution in [0.4, 0.5) is 0 Å². The summed E-state index contributed by atoms with van der Waals surface area (Å²) >= 11 is 0. The van der Waals surface area contributed by atoms with E-state index < -0.39 is 5.60 Å². The second kappa shape index (κ2) is 9.16. The van der Waals surface area contributed by atoms with Gasteiger partial charge in [-0.2, -0.15) is 0 Å². The minimum atomic E-state index is -0.969. The van der Waals surface area contributed by atoms with Crippen LogP contribution in [0.15, 0.2) is 60.1 Å². The summed E-state index contributed by atoms with van der Waals surface area (Å²) in [4.78, 5) is 12.1. The molecular formula is C28H34O4.